The van der Waals surface area contributed by atoms with Gasteiger partial charge in [-0.1, -0.05) is 0 Å². The van der Waals surface area contributed by atoms with Gasteiger partial charge in [0.05, 0.1) is 0 Å². The number of hydrogen-bond donors (Lipinski definition) is 2. The summed E-state index contributed by atoms with van der Waals surface area (Å²) < 4.78 is 0. The van der Waals surface area contributed by atoms with Crippen LogP contribution in [0.5, 0.6) is 0 Å². The van der Waals surface area contributed by atoms with E-state index in [0.29, 0.717) is 38.5 Å². The van der Waals surface area contributed by atoms with Crippen LogP contribution in [0.3, 0.4) is 0 Å². The summed E-state index contributed by atoms with van der Waals surface area (Å²) in [6.45, 7) is 2.00. The first-order valence-electron chi connectivity index (χ1n) is 5.52. The van der Waals surface area contributed by atoms with Crippen molar-refractivity contribution in [1.82, 2.24) is 10.6 Å². The lowest BCUT2D eigenvalue weighted by Crippen LogP contribution is -2.33. The molecule has 0 spiro atoms. The molecule has 2 N–H and O–H groups in total. The van der Waals surface area contributed by atoms with Crippen molar-refractivity contribution in [2.45, 2.75) is 38.5 Å². The molecule has 0 saturated carbocycles. The van der Waals surface area contributed by atoms with Crippen LogP contribution < -0.4 is 10.6 Å². The summed E-state index contributed by atoms with van der Waals surface area (Å²) in [6.07, 6.45) is 3.45. The minimum Gasteiger partial charge on any atom is -0.307 e. The molecule has 2 aliphatic rings. The lowest BCUT2D eigenvalue weighted by molar-refractivity contribution is -0.134. The first-order chi connectivity index (χ1) is 8.58. The van der Waals surface area contributed by atoms with E-state index in [-0.39, 0.29) is 23.6 Å². The van der Waals surface area contributed by atoms with E-state index in [1.807, 2.05) is 6.79 Å². The lowest BCUT2D eigenvalue weighted by atomic mass is 10.1. The molecule has 2 aliphatic heterocycles. The Morgan fingerprint density at radius 3 is 0.944 bits per heavy atom. The molecular weight excluding hydrogens is 240 g/mol. The molecule has 2 saturated heterocycles. The Kier molecular flexibility index (Phi) is 8.00. The molecule has 0 aromatic carbocycles. The smallest absolute Gasteiger partial charge is 0.226 e. The highest BCUT2D eigenvalue weighted by atomic mass is 16.2. The third kappa shape index (κ3) is 7.26. The Morgan fingerprint density at radius 2 is 0.833 bits per heavy atom. The minimum atomic E-state index is -0.138. The Hall–Kier alpha value is -2.05. The molecule has 0 unspecified atom stereocenters. The van der Waals surface area contributed by atoms with E-state index < -0.39 is 0 Å². The molecule has 0 atom stereocenters. The molecule has 18 heavy (non-hydrogen) atoms. The number of hydrogen-bond acceptors (Lipinski definition) is 5. The van der Waals surface area contributed by atoms with E-state index >= 15 is 0 Å². The molecule has 0 radical (unpaired) electrons. The molecule has 0 aliphatic carbocycles. The molecule has 0 aromatic heterocycles. The van der Waals surface area contributed by atoms with Crippen molar-refractivity contribution >= 4 is 30.4 Å². The standard InChI is InChI=1S/2C5H7NO2.CH2O/c2*7-4-2-1-3-5(8)6-4;1-2/h2*1-3H2,(H,6,7,8);1H2. The van der Waals surface area contributed by atoms with Gasteiger partial charge in [-0.2, -0.15) is 0 Å². The molecule has 0 bridgehead atoms. The Morgan fingerprint density at radius 1 is 0.611 bits per heavy atom. The maximum atomic E-state index is 10.3. The van der Waals surface area contributed by atoms with Crippen molar-refractivity contribution in [3.05, 3.63) is 0 Å². The summed E-state index contributed by atoms with van der Waals surface area (Å²) in [7, 11) is 0. The second-order valence-corrected chi connectivity index (χ2v) is 3.65. The van der Waals surface area contributed by atoms with Crippen LogP contribution in [0.2, 0.25) is 0 Å². The van der Waals surface area contributed by atoms with Gasteiger partial charge < -0.3 is 4.79 Å². The summed E-state index contributed by atoms with van der Waals surface area (Å²) in [4.78, 5) is 49.4. The molecule has 2 heterocycles. The average molecular weight is 256 g/mol. The Balaban J connectivity index is 0.000000283. The zero-order valence-corrected chi connectivity index (χ0v) is 9.99. The molecule has 0 aromatic rings. The molecule has 4 amide bonds. The molecular formula is C11H16N2O5. The van der Waals surface area contributed by atoms with Crippen molar-refractivity contribution in [2.75, 3.05) is 0 Å². The zero-order chi connectivity index (χ0) is 14.0. The molecule has 100 valence electrons. The highest BCUT2D eigenvalue weighted by Gasteiger charge is 2.13. The first kappa shape index (κ1) is 16.0. The van der Waals surface area contributed by atoms with E-state index in [9.17, 15) is 19.2 Å². The van der Waals surface area contributed by atoms with Gasteiger partial charge in [-0.15, -0.1) is 0 Å². The number of nitrogens with one attached hydrogen (secondary N) is 2. The van der Waals surface area contributed by atoms with Crippen LogP contribution in [0, 0.1) is 0 Å². The quantitative estimate of drug-likeness (QED) is 0.565. The fourth-order valence-electron chi connectivity index (χ4n) is 1.38. The number of imide groups is 2. The zero-order valence-electron chi connectivity index (χ0n) is 9.99. The normalized spacial score (nSPS) is 18.4. The monoisotopic (exact) mass is 256 g/mol. The number of carbonyl (C=O) groups excluding carboxylic acids is 5. The highest BCUT2D eigenvalue weighted by molar-refractivity contribution is 5.97. The number of amides is 4. The second kappa shape index (κ2) is 9.03. The summed E-state index contributed by atoms with van der Waals surface area (Å²) >= 11 is 0. The van der Waals surface area contributed by atoms with Gasteiger partial charge in [0.25, 0.3) is 0 Å². The Bertz CT molecular complexity index is 280. The van der Waals surface area contributed by atoms with Gasteiger partial charge in [0.15, 0.2) is 0 Å². The second-order valence-electron chi connectivity index (χ2n) is 3.65. The molecule has 2 fully saturated rings. The minimum absolute atomic E-state index is 0.138. The molecule has 2 rings (SSSR count). The van der Waals surface area contributed by atoms with Gasteiger partial charge in [0.1, 0.15) is 6.79 Å². The predicted molar refractivity (Wildman–Crippen MR) is 61.1 cm³/mol. The van der Waals surface area contributed by atoms with Crippen LogP contribution in [0.4, 0.5) is 0 Å². The maximum absolute atomic E-state index is 10.3. The third-order valence-electron chi connectivity index (χ3n) is 2.17. The fraction of sp³-hybridized carbons (Fsp3) is 0.545. The van der Waals surface area contributed by atoms with Crippen LogP contribution in [0.1, 0.15) is 38.5 Å². The first-order valence-corrected chi connectivity index (χ1v) is 5.52. The van der Waals surface area contributed by atoms with Crippen LogP contribution in [0.15, 0.2) is 0 Å². The molecule has 7 heteroatoms. The van der Waals surface area contributed by atoms with Gasteiger partial charge in [0, 0.05) is 25.7 Å². The number of piperidine rings is 2. The largest absolute Gasteiger partial charge is 0.307 e. The van der Waals surface area contributed by atoms with Crippen molar-refractivity contribution in [3.63, 3.8) is 0 Å². The van der Waals surface area contributed by atoms with Gasteiger partial charge in [-0.3, -0.25) is 29.8 Å². The van der Waals surface area contributed by atoms with Crippen LogP contribution in [0.25, 0.3) is 0 Å². The fourth-order valence-corrected chi connectivity index (χ4v) is 1.38. The van der Waals surface area contributed by atoms with E-state index in [1.54, 1.807) is 0 Å². The van der Waals surface area contributed by atoms with E-state index in [0.717, 1.165) is 0 Å². The average Bonchev–Trinajstić information content (AvgIpc) is 2.31. The Labute approximate surface area is 104 Å². The van der Waals surface area contributed by atoms with Crippen LogP contribution in [-0.4, -0.2) is 30.4 Å². The number of carbonyl (C=O) groups is 5. The van der Waals surface area contributed by atoms with E-state index in [4.69, 9.17) is 4.79 Å². The van der Waals surface area contributed by atoms with Crippen molar-refractivity contribution in [1.29, 1.82) is 0 Å². The van der Waals surface area contributed by atoms with E-state index in [1.165, 1.54) is 0 Å². The molecule has 7 nitrogen and oxygen atoms in total. The van der Waals surface area contributed by atoms with Crippen LogP contribution >= 0.6 is 0 Å². The SMILES string of the molecule is C=O.O=C1CCCC(=O)N1.O=C1CCCC(=O)N1. The van der Waals surface area contributed by atoms with Crippen molar-refractivity contribution < 1.29 is 24.0 Å². The van der Waals surface area contributed by atoms with Gasteiger partial charge in [0.2, 0.25) is 23.6 Å². The summed E-state index contributed by atoms with van der Waals surface area (Å²) in [6, 6.07) is 0. The summed E-state index contributed by atoms with van der Waals surface area (Å²) in [5.74, 6) is -0.551. The maximum Gasteiger partial charge on any atom is 0.226 e. The summed E-state index contributed by atoms with van der Waals surface area (Å²) in [5.41, 5.74) is 0. The van der Waals surface area contributed by atoms with Crippen LogP contribution in [-0.2, 0) is 24.0 Å². The van der Waals surface area contributed by atoms with Gasteiger partial charge in [-0.25, -0.2) is 0 Å². The third-order valence-corrected chi connectivity index (χ3v) is 2.17. The van der Waals surface area contributed by atoms with Gasteiger partial charge >= 0.3 is 0 Å². The van der Waals surface area contributed by atoms with Gasteiger partial charge in [-0.05, 0) is 12.8 Å². The summed E-state index contributed by atoms with van der Waals surface area (Å²) in [5, 5.41) is 4.40. The lowest BCUT2D eigenvalue weighted by Gasteiger charge is -2.07. The topological polar surface area (TPSA) is 109 Å². The number of rotatable bonds is 0. The van der Waals surface area contributed by atoms with Crippen molar-refractivity contribution in [2.24, 2.45) is 0 Å². The predicted octanol–water partition coefficient (Wildman–Crippen LogP) is -0.559. The highest BCUT2D eigenvalue weighted by Crippen LogP contribution is 2.00. The van der Waals surface area contributed by atoms with Crippen molar-refractivity contribution in [3.8, 4) is 0 Å². The van der Waals surface area contributed by atoms with E-state index in [2.05, 4.69) is 10.6 Å².